The first-order valence-corrected chi connectivity index (χ1v) is 35.4. The maximum atomic E-state index is 12.9. The van der Waals surface area contributed by atoms with E-state index in [0.29, 0.717) is 19.3 Å². The van der Waals surface area contributed by atoms with Crippen LogP contribution in [-0.4, -0.2) is 37.2 Å². The summed E-state index contributed by atoms with van der Waals surface area (Å²) in [6, 6.07) is 0. The van der Waals surface area contributed by atoms with Gasteiger partial charge in [-0.25, -0.2) is 0 Å². The van der Waals surface area contributed by atoms with E-state index in [4.69, 9.17) is 14.2 Å². The van der Waals surface area contributed by atoms with Gasteiger partial charge in [-0.3, -0.25) is 14.4 Å². The number of allylic oxidation sites excluding steroid dienone is 12. The Morgan fingerprint density at radius 2 is 0.481 bits per heavy atom. The quantitative estimate of drug-likeness (QED) is 0.0261. The number of hydrogen-bond donors (Lipinski definition) is 0. The Kier molecular flexibility index (Phi) is 66.6. The molecule has 0 heterocycles. The molecule has 1 unspecified atom stereocenters. The van der Waals surface area contributed by atoms with Gasteiger partial charge >= 0.3 is 17.9 Å². The highest BCUT2D eigenvalue weighted by atomic mass is 16.6. The number of carbonyl (C=O) groups is 3. The summed E-state index contributed by atoms with van der Waals surface area (Å²) < 4.78 is 17.0. The van der Waals surface area contributed by atoms with Gasteiger partial charge in [0.05, 0.1) is 0 Å². The molecule has 81 heavy (non-hydrogen) atoms. The molecule has 0 bridgehead atoms. The Morgan fingerprint density at radius 3 is 0.765 bits per heavy atom. The van der Waals surface area contributed by atoms with Crippen LogP contribution in [0.15, 0.2) is 72.9 Å². The fraction of sp³-hybridized carbons (Fsp3) is 0.800. The molecule has 0 aliphatic rings. The van der Waals surface area contributed by atoms with Gasteiger partial charge < -0.3 is 14.2 Å². The fourth-order valence-electron chi connectivity index (χ4n) is 10.4. The molecule has 0 saturated carbocycles. The van der Waals surface area contributed by atoms with Crippen molar-refractivity contribution < 1.29 is 28.6 Å². The Labute approximate surface area is 503 Å². The molecule has 0 radical (unpaired) electrons. The number of ether oxygens (including phenoxy) is 3. The molecular weight excluding hydrogens is 997 g/mol. The van der Waals surface area contributed by atoms with E-state index in [2.05, 4.69) is 93.7 Å². The van der Waals surface area contributed by atoms with E-state index in [0.717, 1.165) is 103 Å². The van der Waals surface area contributed by atoms with Gasteiger partial charge in [-0.1, -0.05) is 312 Å². The van der Waals surface area contributed by atoms with Crippen LogP contribution in [0.25, 0.3) is 0 Å². The minimum Gasteiger partial charge on any atom is -0.462 e. The lowest BCUT2D eigenvalue weighted by atomic mass is 10.0. The van der Waals surface area contributed by atoms with Gasteiger partial charge in [0.2, 0.25) is 0 Å². The van der Waals surface area contributed by atoms with Crippen LogP contribution in [0.2, 0.25) is 0 Å². The molecule has 0 saturated heterocycles. The zero-order valence-electron chi connectivity index (χ0n) is 54.1. The SMILES string of the molecule is CC/C=C\C/C=C\C/C=C\C/C=C\CCCCCCCCC(=O)OC(COC(=O)CCCCCCC/C=C\CCCCCCCC)COC(=O)CCCCCCCCCCCCCCCCCCC/C=C\CCCCCCCCCC. The first-order chi connectivity index (χ1) is 40.0. The lowest BCUT2D eigenvalue weighted by Crippen LogP contribution is -2.30. The van der Waals surface area contributed by atoms with Crippen molar-refractivity contribution >= 4 is 17.9 Å². The molecule has 0 amide bonds. The third-order valence-electron chi connectivity index (χ3n) is 15.7. The monoisotopic (exact) mass is 1130 g/mol. The molecule has 0 N–H and O–H groups in total. The van der Waals surface area contributed by atoms with Crippen LogP contribution in [0.3, 0.4) is 0 Å². The third-order valence-corrected chi connectivity index (χ3v) is 15.7. The molecule has 0 aromatic heterocycles. The summed E-state index contributed by atoms with van der Waals surface area (Å²) in [5, 5.41) is 0. The maximum absolute atomic E-state index is 12.9. The molecule has 0 aromatic rings. The molecule has 6 nitrogen and oxygen atoms in total. The van der Waals surface area contributed by atoms with Gasteiger partial charge in [0.1, 0.15) is 13.2 Å². The topological polar surface area (TPSA) is 78.9 Å². The van der Waals surface area contributed by atoms with Crippen LogP contribution >= 0.6 is 0 Å². The number of esters is 3. The molecule has 0 aliphatic carbocycles. The number of carbonyl (C=O) groups excluding carboxylic acids is 3. The Bertz CT molecular complexity index is 1490. The van der Waals surface area contributed by atoms with Crippen LogP contribution in [0.1, 0.15) is 367 Å². The second-order valence-electron chi connectivity index (χ2n) is 23.8. The summed E-state index contributed by atoms with van der Waals surface area (Å²) in [7, 11) is 0. The second-order valence-corrected chi connectivity index (χ2v) is 23.8. The van der Waals surface area contributed by atoms with Crippen molar-refractivity contribution in [3.63, 3.8) is 0 Å². The summed E-state index contributed by atoms with van der Waals surface area (Å²) in [5.41, 5.74) is 0. The molecule has 470 valence electrons. The van der Waals surface area contributed by atoms with E-state index < -0.39 is 6.10 Å². The van der Waals surface area contributed by atoms with Crippen molar-refractivity contribution in [3.05, 3.63) is 72.9 Å². The number of unbranched alkanes of at least 4 members (excludes halogenated alkanes) is 42. The molecule has 6 heteroatoms. The van der Waals surface area contributed by atoms with Crippen molar-refractivity contribution in [1.82, 2.24) is 0 Å². The fourth-order valence-corrected chi connectivity index (χ4v) is 10.4. The summed E-state index contributed by atoms with van der Waals surface area (Å²) in [5.74, 6) is -0.884. The maximum Gasteiger partial charge on any atom is 0.306 e. The number of hydrogen-bond acceptors (Lipinski definition) is 6. The van der Waals surface area contributed by atoms with Crippen LogP contribution in [0, 0.1) is 0 Å². The van der Waals surface area contributed by atoms with Gasteiger partial charge in [-0.2, -0.15) is 0 Å². The van der Waals surface area contributed by atoms with Gasteiger partial charge in [0.15, 0.2) is 6.10 Å². The van der Waals surface area contributed by atoms with Gasteiger partial charge in [-0.05, 0) is 109 Å². The van der Waals surface area contributed by atoms with Crippen LogP contribution in [0.5, 0.6) is 0 Å². The molecule has 0 fully saturated rings. The van der Waals surface area contributed by atoms with Crippen molar-refractivity contribution in [3.8, 4) is 0 Å². The molecule has 0 aromatic carbocycles. The summed E-state index contributed by atoms with van der Waals surface area (Å²) in [6.45, 7) is 6.55. The Hall–Kier alpha value is -3.15. The second kappa shape index (κ2) is 69.3. The smallest absolute Gasteiger partial charge is 0.306 e. The minimum absolute atomic E-state index is 0.0811. The molecule has 1 atom stereocenters. The minimum atomic E-state index is -0.787. The average Bonchev–Trinajstić information content (AvgIpc) is 3.47. The van der Waals surface area contributed by atoms with Crippen LogP contribution in [-0.2, 0) is 28.6 Å². The molecule has 0 rings (SSSR count). The highest BCUT2D eigenvalue weighted by Crippen LogP contribution is 2.18. The van der Waals surface area contributed by atoms with Gasteiger partial charge in [-0.15, -0.1) is 0 Å². The van der Waals surface area contributed by atoms with E-state index in [-0.39, 0.29) is 31.1 Å². The van der Waals surface area contributed by atoms with E-state index in [1.165, 1.54) is 225 Å². The van der Waals surface area contributed by atoms with Crippen molar-refractivity contribution in [2.45, 2.75) is 374 Å². The highest BCUT2D eigenvalue weighted by molar-refractivity contribution is 5.71. The molecular formula is C75H134O6. The zero-order chi connectivity index (χ0) is 58.5. The van der Waals surface area contributed by atoms with E-state index in [9.17, 15) is 14.4 Å². The summed E-state index contributed by atoms with van der Waals surface area (Å²) in [6.07, 6.45) is 90.8. The Balaban J connectivity index is 4.26. The first kappa shape index (κ1) is 77.9. The lowest BCUT2D eigenvalue weighted by Gasteiger charge is -2.18. The highest BCUT2D eigenvalue weighted by Gasteiger charge is 2.19. The van der Waals surface area contributed by atoms with E-state index in [1.807, 2.05) is 0 Å². The van der Waals surface area contributed by atoms with Crippen molar-refractivity contribution in [2.75, 3.05) is 13.2 Å². The molecule has 0 aliphatic heterocycles. The Morgan fingerprint density at radius 1 is 0.259 bits per heavy atom. The van der Waals surface area contributed by atoms with Crippen molar-refractivity contribution in [1.29, 1.82) is 0 Å². The van der Waals surface area contributed by atoms with Gasteiger partial charge in [0, 0.05) is 19.3 Å². The van der Waals surface area contributed by atoms with Crippen LogP contribution in [0.4, 0.5) is 0 Å². The standard InChI is InChI=1S/C75H134O6/c1-4-7-10-13-16-19-22-25-28-30-32-33-34-35-36-37-38-39-40-41-43-44-47-50-53-56-59-62-65-68-74(77)80-71-72(70-79-73(76)67-64-61-58-55-52-49-46-27-24-21-18-15-12-9-6-3)81-75(78)69-66-63-60-57-54-51-48-45-42-31-29-26-23-20-17-14-11-8-5-2/h8,11,17,20,26-27,29-30,32,42,45-46,72H,4-7,9-10,12-16,18-19,21-25,28,31,33-41,43-44,47-71H2,1-3H3/b11-8-,20-17-,29-26-,32-30-,45-42-,46-27-. The van der Waals surface area contributed by atoms with Crippen LogP contribution < -0.4 is 0 Å². The van der Waals surface area contributed by atoms with Crippen molar-refractivity contribution in [2.24, 2.45) is 0 Å². The third kappa shape index (κ3) is 67.5. The lowest BCUT2D eigenvalue weighted by molar-refractivity contribution is -0.167. The van der Waals surface area contributed by atoms with Gasteiger partial charge in [0.25, 0.3) is 0 Å². The predicted molar refractivity (Wildman–Crippen MR) is 353 cm³/mol. The largest absolute Gasteiger partial charge is 0.462 e. The van der Waals surface area contributed by atoms with E-state index in [1.54, 1.807) is 0 Å². The predicted octanol–water partition coefficient (Wildman–Crippen LogP) is 24.4. The first-order valence-electron chi connectivity index (χ1n) is 35.4. The molecule has 0 spiro atoms. The van der Waals surface area contributed by atoms with E-state index >= 15 is 0 Å². The summed E-state index contributed by atoms with van der Waals surface area (Å²) >= 11 is 0. The zero-order valence-corrected chi connectivity index (χ0v) is 54.1. The summed E-state index contributed by atoms with van der Waals surface area (Å²) in [4.78, 5) is 38.4. The average molecular weight is 1130 g/mol. The normalized spacial score (nSPS) is 12.5. The number of rotatable bonds is 65.